The average Bonchev–Trinajstić information content (AvgIpc) is 2.99. The molecule has 1 N–H and O–H groups in total. The number of hydrogen-bond donors (Lipinski definition) is 1. The van der Waals surface area contributed by atoms with Gasteiger partial charge in [0.05, 0.1) is 20.4 Å². The van der Waals surface area contributed by atoms with Gasteiger partial charge in [0.15, 0.2) is 29.6 Å². The molecule has 1 heterocycles. The van der Waals surface area contributed by atoms with E-state index in [0.29, 0.717) is 40.7 Å². The van der Waals surface area contributed by atoms with Gasteiger partial charge in [-0.2, -0.15) is 5.10 Å². The zero-order valence-electron chi connectivity index (χ0n) is 22.2. The van der Waals surface area contributed by atoms with Crippen LogP contribution in [-0.4, -0.2) is 56.8 Å². The van der Waals surface area contributed by atoms with Crippen LogP contribution in [0, 0.1) is 0 Å². The van der Waals surface area contributed by atoms with Gasteiger partial charge in [0, 0.05) is 18.7 Å². The Bertz CT molecular complexity index is 1290. The van der Waals surface area contributed by atoms with Gasteiger partial charge in [0.25, 0.3) is 11.8 Å². The minimum Gasteiger partial charge on any atom is -0.493 e. The highest BCUT2D eigenvalue weighted by atomic mass is 16.5. The number of benzene rings is 3. The van der Waals surface area contributed by atoms with E-state index in [4.69, 9.17) is 18.9 Å². The number of methoxy groups -OCH3 is 2. The topological polar surface area (TPSA) is 98.7 Å². The first kappa shape index (κ1) is 27.5. The van der Waals surface area contributed by atoms with Crippen LogP contribution in [0.25, 0.3) is 0 Å². The number of carbonyl (C=O) groups is 2. The Morgan fingerprint density at radius 2 is 1.54 bits per heavy atom. The van der Waals surface area contributed by atoms with Crippen molar-refractivity contribution in [1.82, 2.24) is 10.3 Å². The van der Waals surface area contributed by atoms with Crippen LogP contribution in [0.2, 0.25) is 0 Å². The summed E-state index contributed by atoms with van der Waals surface area (Å²) in [4.78, 5) is 26.7. The Kier molecular flexibility index (Phi) is 9.77. The lowest BCUT2D eigenvalue weighted by molar-refractivity contribution is -0.123. The zero-order valence-corrected chi connectivity index (χ0v) is 22.2. The number of piperidine rings is 1. The highest BCUT2D eigenvalue weighted by Crippen LogP contribution is 2.29. The number of nitrogens with one attached hydrogen (secondary N) is 1. The van der Waals surface area contributed by atoms with Gasteiger partial charge < -0.3 is 23.8 Å². The molecule has 4 rings (SSSR count). The number of carbonyl (C=O) groups excluding carboxylic acids is 2. The summed E-state index contributed by atoms with van der Waals surface area (Å²) in [6.07, 6.45) is 4.83. The minimum absolute atomic E-state index is 0.0845. The monoisotopic (exact) mass is 531 g/mol. The van der Waals surface area contributed by atoms with Gasteiger partial charge in [-0.25, -0.2) is 5.43 Å². The third-order valence-electron chi connectivity index (χ3n) is 6.26. The highest BCUT2D eigenvalue weighted by Gasteiger charge is 2.18. The zero-order chi connectivity index (χ0) is 27.5. The van der Waals surface area contributed by atoms with E-state index in [0.717, 1.165) is 31.5 Å². The van der Waals surface area contributed by atoms with Crippen molar-refractivity contribution in [2.75, 3.05) is 33.9 Å². The minimum atomic E-state index is -0.410. The molecule has 1 aliphatic heterocycles. The molecule has 3 aromatic rings. The van der Waals surface area contributed by atoms with E-state index in [1.807, 2.05) is 35.2 Å². The third-order valence-corrected chi connectivity index (χ3v) is 6.26. The molecule has 9 nitrogen and oxygen atoms in total. The molecule has 1 fully saturated rings. The molecule has 1 saturated heterocycles. The summed E-state index contributed by atoms with van der Waals surface area (Å²) >= 11 is 0. The van der Waals surface area contributed by atoms with Crippen molar-refractivity contribution in [3.8, 4) is 23.0 Å². The highest BCUT2D eigenvalue weighted by molar-refractivity contribution is 5.94. The van der Waals surface area contributed by atoms with Gasteiger partial charge in [-0.05, 0) is 72.9 Å². The fraction of sp³-hybridized carbons (Fsp3) is 0.300. The van der Waals surface area contributed by atoms with Gasteiger partial charge in [-0.3, -0.25) is 9.59 Å². The number of amides is 2. The molecule has 2 amide bonds. The molecule has 9 heteroatoms. The second-order valence-electron chi connectivity index (χ2n) is 8.98. The number of rotatable bonds is 11. The molecule has 3 aromatic carbocycles. The molecule has 0 unspecified atom stereocenters. The maximum Gasteiger partial charge on any atom is 0.277 e. The number of likely N-dealkylation sites (tertiary alicyclic amines) is 1. The Labute approximate surface area is 228 Å². The quantitative estimate of drug-likeness (QED) is 0.290. The second-order valence-corrected chi connectivity index (χ2v) is 8.98. The Morgan fingerprint density at radius 1 is 0.846 bits per heavy atom. The molecule has 204 valence electrons. The molecule has 0 aliphatic carbocycles. The number of para-hydroxylation sites is 2. The fourth-order valence-corrected chi connectivity index (χ4v) is 4.16. The number of hydrogen-bond acceptors (Lipinski definition) is 7. The van der Waals surface area contributed by atoms with Crippen LogP contribution in [0.4, 0.5) is 0 Å². The second kappa shape index (κ2) is 13.9. The summed E-state index contributed by atoms with van der Waals surface area (Å²) in [6, 6.07) is 19.9. The van der Waals surface area contributed by atoms with Crippen molar-refractivity contribution in [2.24, 2.45) is 5.10 Å². The van der Waals surface area contributed by atoms with Gasteiger partial charge in [0.1, 0.15) is 6.61 Å². The summed E-state index contributed by atoms with van der Waals surface area (Å²) in [5.41, 5.74) is 4.79. The van der Waals surface area contributed by atoms with Crippen molar-refractivity contribution < 1.29 is 28.5 Å². The van der Waals surface area contributed by atoms with E-state index in [1.54, 1.807) is 43.5 Å². The van der Waals surface area contributed by atoms with Gasteiger partial charge in [-0.15, -0.1) is 0 Å². The SMILES string of the molecule is COc1ccccc1OCC(=O)N/N=C/c1ccc(OCc2ccc(C(=O)N3CCCCC3)cc2)c(OC)c1. The van der Waals surface area contributed by atoms with Gasteiger partial charge in [0.2, 0.25) is 0 Å². The van der Waals surface area contributed by atoms with Crippen molar-refractivity contribution in [3.63, 3.8) is 0 Å². The maximum atomic E-state index is 12.7. The first-order chi connectivity index (χ1) is 19.1. The average molecular weight is 532 g/mol. The van der Waals surface area contributed by atoms with Gasteiger partial charge >= 0.3 is 0 Å². The van der Waals surface area contributed by atoms with E-state index in [1.165, 1.54) is 19.7 Å². The van der Waals surface area contributed by atoms with Crippen molar-refractivity contribution in [3.05, 3.63) is 83.4 Å². The molecule has 0 spiro atoms. The smallest absolute Gasteiger partial charge is 0.277 e. The lowest BCUT2D eigenvalue weighted by atomic mass is 10.1. The molecular weight excluding hydrogens is 498 g/mol. The molecule has 0 radical (unpaired) electrons. The van der Waals surface area contributed by atoms with E-state index >= 15 is 0 Å². The summed E-state index contributed by atoms with van der Waals surface area (Å²) in [5.74, 6) is 1.79. The Balaban J connectivity index is 1.27. The van der Waals surface area contributed by atoms with Crippen molar-refractivity contribution in [1.29, 1.82) is 0 Å². The van der Waals surface area contributed by atoms with Crippen molar-refractivity contribution in [2.45, 2.75) is 25.9 Å². The fourth-order valence-electron chi connectivity index (χ4n) is 4.16. The largest absolute Gasteiger partial charge is 0.493 e. The summed E-state index contributed by atoms with van der Waals surface area (Å²) in [7, 11) is 3.09. The lowest BCUT2D eigenvalue weighted by Gasteiger charge is -2.26. The number of ether oxygens (including phenoxy) is 4. The normalized spacial score (nSPS) is 13.1. The van der Waals surface area contributed by atoms with Crippen LogP contribution in [0.5, 0.6) is 23.0 Å². The van der Waals surface area contributed by atoms with Crippen LogP contribution in [0.3, 0.4) is 0 Å². The predicted molar refractivity (Wildman–Crippen MR) is 148 cm³/mol. The van der Waals surface area contributed by atoms with Gasteiger partial charge in [-0.1, -0.05) is 24.3 Å². The van der Waals surface area contributed by atoms with E-state index in [9.17, 15) is 9.59 Å². The van der Waals surface area contributed by atoms with Crippen molar-refractivity contribution >= 4 is 18.0 Å². The summed E-state index contributed by atoms with van der Waals surface area (Å²) in [6.45, 7) is 1.77. The van der Waals surface area contributed by atoms with Crippen LogP contribution >= 0.6 is 0 Å². The molecular formula is C30H33N3O6. The van der Waals surface area contributed by atoms with Crippen LogP contribution in [-0.2, 0) is 11.4 Å². The predicted octanol–water partition coefficient (Wildman–Crippen LogP) is 4.44. The number of nitrogens with zero attached hydrogens (tertiary/aromatic N) is 2. The molecule has 0 aromatic heterocycles. The molecule has 0 saturated carbocycles. The summed E-state index contributed by atoms with van der Waals surface area (Å²) < 4.78 is 22.1. The lowest BCUT2D eigenvalue weighted by Crippen LogP contribution is -2.35. The molecule has 0 bridgehead atoms. The standard InChI is InChI=1S/C30H33N3O6/c1-36-25-8-4-5-9-26(25)39-21-29(34)32-31-19-23-12-15-27(28(18-23)37-2)38-20-22-10-13-24(14-11-22)30(35)33-16-6-3-7-17-33/h4-5,8-15,18-19H,3,6-7,16-17,20-21H2,1-2H3,(H,32,34)/b31-19+. The summed E-state index contributed by atoms with van der Waals surface area (Å²) in [5, 5.41) is 3.99. The first-order valence-corrected chi connectivity index (χ1v) is 12.8. The van der Waals surface area contributed by atoms with E-state index in [2.05, 4.69) is 10.5 Å². The first-order valence-electron chi connectivity index (χ1n) is 12.8. The van der Waals surface area contributed by atoms with Crippen LogP contribution in [0.15, 0.2) is 71.8 Å². The third kappa shape index (κ3) is 7.73. The number of hydrazone groups is 1. The van der Waals surface area contributed by atoms with Crippen LogP contribution < -0.4 is 24.4 Å². The van der Waals surface area contributed by atoms with Crippen LogP contribution in [0.1, 0.15) is 40.7 Å². The molecule has 39 heavy (non-hydrogen) atoms. The van der Waals surface area contributed by atoms with E-state index in [-0.39, 0.29) is 12.5 Å². The molecule has 0 atom stereocenters. The molecule has 1 aliphatic rings. The Hall–Kier alpha value is -4.53. The van der Waals surface area contributed by atoms with E-state index < -0.39 is 5.91 Å². The maximum absolute atomic E-state index is 12.7. The Morgan fingerprint density at radius 3 is 2.26 bits per heavy atom.